The van der Waals surface area contributed by atoms with Crippen LogP contribution in [0.25, 0.3) is 0 Å². The normalized spacial score (nSPS) is 21.6. The zero-order valence-corrected chi connectivity index (χ0v) is 12.9. The molecular weight excluding hydrogens is 246 g/mol. The summed E-state index contributed by atoms with van der Waals surface area (Å²) in [5.74, 6) is 1.17. The predicted molar refractivity (Wildman–Crippen MR) is 84.0 cm³/mol. The fourth-order valence-corrected chi connectivity index (χ4v) is 3.70. The van der Waals surface area contributed by atoms with Crippen molar-refractivity contribution in [3.63, 3.8) is 0 Å². The van der Waals surface area contributed by atoms with Gasteiger partial charge in [0.15, 0.2) is 0 Å². The summed E-state index contributed by atoms with van der Waals surface area (Å²) in [6.45, 7) is 7.56. The van der Waals surface area contributed by atoms with Crippen molar-refractivity contribution in [2.45, 2.75) is 58.9 Å². The molecule has 20 heavy (non-hydrogen) atoms. The van der Waals surface area contributed by atoms with Gasteiger partial charge in [0, 0.05) is 30.9 Å². The smallest absolute Gasteiger partial charge is 0.133 e. The van der Waals surface area contributed by atoms with Crippen molar-refractivity contribution >= 4 is 5.82 Å². The monoisotopic (exact) mass is 273 g/mol. The molecule has 1 fully saturated rings. The first-order valence-corrected chi connectivity index (χ1v) is 8.06. The Morgan fingerprint density at radius 2 is 2.05 bits per heavy atom. The van der Waals surface area contributed by atoms with E-state index in [1.807, 2.05) is 0 Å². The van der Waals surface area contributed by atoms with Crippen LogP contribution in [0.2, 0.25) is 0 Å². The van der Waals surface area contributed by atoms with Crippen LogP contribution in [0.15, 0.2) is 6.07 Å². The Labute approximate surface area is 122 Å². The molecule has 3 rings (SSSR count). The molecule has 3 heteroatoms. The van der Waals surface area contributed by atoms with Gasteiger partial charge in [-0.3, -0.25) is 0 Å². The molecule has 1 aromatic heterocycles. The van der Waals surface area contributed by atoms with E-state index in [0.717, 1.165) is 19.5 Å². The molecule has 0 bridgehead atoms. The van der Waals surface area contributed by atoms with Crippen molar-refractivity contribution in [3.05, 3.63) is 22.9 Å². The highest BCUT2D eigenvalue weighted by molar-refractivity contribution is 5.51. The Morgan fingerprint density at radius 3 is 2.80 bits per heavy atom. The minimum atomic E-state index is 0.391. The Morgan fingerprint density at radius 1 is 1.25 bits per heavy atom. The van der Waals surface area contributed by atoms with E-state index >= 15 is 0 Å². The number of aryl methyl sites for hydroxylation is 2. The summed E-state index contributed by atoms with van der Waals surface area (Å²) in [5.41, 5.74) is 10.4. The second-order valence-corrected chi connectivity index (χ2v) is 7.18. The maximum atomic E-state index is 5.99. The van der Waals surface area contributed by atoms with Crippen molar-refractivity contribution in [1.29, 1.82) is 0 Å². The van der Waals surface area contributed by atoms with Gasteiger partial charge < -0.3 is 10.6 Å². The molecule has 1 aliphatic carbocycles. The van der Waals surface area contributed by atoms with Gasteiger partial charge in [0.1, 0.15) is 5.82 Å². The molecule has 110 valence electrons. The van der Waals surface area contributed by atoms with Gasteiger partial charge in [-0.1, -0.05) is 13.8 Å². The van der Waals surface area contributed by atoms with Crippen LogP contribution in [0.5, 0.6) is 0 Å². The Kier molecular flexibility index (Phi) is 3.72. The van der Waals surface area contributed by atoms with Gasteiger partial charge in [0.2, 0.25) is 0 Å². The molecule has 1 aliphatic heterocycles. The van der Waals surface area contributed by atoms with Crippen LogP contribution >= 0.6 is 0 Å². The summed E-state index contributed by atoms with van der Waals surface area (Å²) >= 11 is 0. The molecule has 0 spiro atoms. The van der Waals surface area contributed by atoms with Crippen LogP contribution in [-0.2, 0) is 19.4 Å². The lowest BCUT2D eigenvalue weighted by molar-refractivity contribution is 0.291. The highest BCUT2D eigenvalue weighted by Crippen LogP contribution is 2.33. The minimum absolute atomic E-state index is 0.391. The Balaban J connectivity index is 1.95. The second kappa shape index (κ2) is 5.36. The number of piperidine rings is 1. The highest BCUT2D eigenvalue weighted by atomic mass is 15.2. The number of aromatic nitrogens is 1. The average molecular weight is 273 g/mol. The molecule has 1 saturated heterocycles. The molecule has 2 aliphatic rings. The third-order valence-electron chi connectivity index (χ3n) is 4.78. The lowest BCUT2D eigenvalue weighted by atomic mass is 9.84. The number of nitrogens with two attached hydrogens (primary N) is 1. The molecule has 1 aromatic rings. The third-order valence-corrected chi connectivity index (χ3v) is 4.78. The maximum absolute atomic E-state index is 5.99. The molecule has 2 heterocycles. The van der Waals surface area contributed by atoms with Crippen molar-refractivity contribution < 1.29 is 0 Å². The summed E-state index contributed by atoms with van der Waals surface area (Å²) in [7, 11) is 0. The van der Waals surface area contributed by atoms with Crippen LogP contribution in [0.1, 0.15) is 56.4 Å². The van der Waals surface area contributed by atoms with Gasteiger partial charge in [0.05, 0.1) is 0 Å². The molecule has 2 N–H and O–H groups in total. The number of fused-ring (bicyclic) bond motifs is 1. The van der Waals surface area contributed by atoms with E-state index in [1.54, 1.807) is 0 Å². The molecule has 3 nitrogen and oxygen atoms in total. The molecule has 0 saturated carbocycles. The number of hydrogen-bond donors (Lipinski definition) is 1. The zero-order valence-electron chi connectivity index (χ0n) is 12.9. The van der Waals surface area contributed by atoms with E-state index in [0.29, 0.717) is 12.0 Å². The summed E-state index contributed by atoms with van der Waals surface area (Å²) < 4.78 is 0. The summed E-state index contributed by atoms with van der Waals surface area (Å²) in [6.07, 6.45) is 7.48. The van der Waals surface area contributed by atoms with Crippen LogP contribution < -0.4 is 10.6 Å². The summed E-state index contributed by atoms with van der Waals surface area (Å²) in [4.78, 5) is 7.49. The number of rotatable bonds is 2. The number of anilines is 1. The zero-order chi connectivity index (χ0) is 14.2. The van der Waals surface area contributed by atoms with Crippen molar-refractivity contribution in [2.24, 2.45) is 11.1 Å². The van der Waals surface area contributed by atoms with E-state index in [4.69, 9.17) is 10.7 Å². The largest absolute Gasteiger partial charge is 0.356 e. The van der Waals surface area contributed by atoms with Crippen LogP contribution in [-0.4, -0.2) is 18.1 Å². The van der Waals surface area contributed by atoms with Crippen LogP contribution in [0.3, 0.4) is 0 Å². The topological polar surface area (TPSA) is 42.2 Å². The molecule has 0 atom stereocenters. The Hall–Kier alpha value is -1.09. The van der Waals surface area contributed by atoms with Gasteiger partial charge in [0.25, 0.3) is 0 Å². The lowest BCUT2D eigenvalue weighted by Gasteiger charge is -2.40. The van der Waals surface area contributed by atoms with Crippen LogP contribution in [0, 0.1) is 5.41 Å². The highest BCUT2D eigenvalue weighted by Gasteiger charge is 2.28. The lowest BCUT2D eigenvalue weighted by Crippen LogP contribution is -2.41. The Bertz CT molecular complexity index is 493. The van der Waals surface area contributed by atoms with E-state index < -0.39 is 0 Å². The SMILES string of the molecule is CC1(C)CCCN(c2nc3c(cc2CN)CCCC3)C1. The summed E-state index contributed by atoms with van der Waals surface area (Å²) in [6, 6.07) is 2.33. The molecule has 0 amide bonds. The first kappa shape index (κ1) is 13.9. The van der Waals surface area contributed by atoms with E-state index in [1.165, 1.54) is 54.7 Å². The van der Waals surface area contributed by atoms with Gasteiger partial charge >= 0.3 is 0 Å². The second-order valence-electron chi connectivity index (χ2n) is 7.18. The van der Waals surface area contributed by atoms with Crippen molar-refractivity contribution in [1.82, 2.24) is 4.98 Å². The van der Waals surface area contributed by atoms with E-state index in [2.05, 4.69) is 24.8 Å². The van der Waals surface area contributed by atoms with Gasteiger partial charge in [-0.15, -0.1) is 0 Å². The molecule has 0 radical (unpaired) electrons. The van der Waals surface area contributed by atoms with Gasteiger partial charge in [-0.25, -0.2) is 4.98 Å². The van der Waals surface area contributed by atoms with Gasteiger partial charge in [-0.05, 0) is 55.6 Å². The standard InChI is InChI=1S/C17H27N3/c1-17(2)8-5-9-20(12-17)16-14(11-18)10-13-6-3-4-7-15(13)19-16/h10H,3-9,11-12,18H2,1-2H3. The molecule has 0 unspecified atom stereocenters. The third kappa shape index (κ3) is 2.69. The fourth-order valence-electron chi connectivity index (χ4n) is 3.70. The first-order chi connectivity index (χ1) is 9.59. The number of nitrogens with zero attached hydrogens (tertiary/aromatic N) is 2. The molecular formula is C17H27N3. The van der Waals surface area contributed by atoms with Crippen molar-refractivity contribution in [2.75, 3.05) is 18.0 Å². The number of hydrogen-bond acceptors (Lipinski definition) is 3. The van der Waals surface area contributed by atoms with E-state index in [9.17, 15) is 0 Å². The predicted octanol–water partition coefficient (Wildman–Crippen LogP) is 3.05. The van der Waals surface area contributed by atoms with Crippen molar-refractivity contribution in [3.8, 4) is 0 Å². The first-order valence-electron chi connectivity index (χ1n) is 8.06. The number of pyridine rings is 1. The van der Waals surface area contributed by atoms with Crippen LogP contribution in [0.4, 0.5) is 5.82 Å². The maximum Gasteiger partial charge on any atom is 0.133 e. The molecule has 0 aromatic carbocycles. The quantitative estimate of drug-likeness (QED) is 0.900. The fraction of sp³-hybridized carbons (Fsp3) is 0.706. The summed E-state index contributed by atoms with van der Waals surface area (Å²) in [5, 5.41) is 0. The average Bonchev–Trinajstić information content (AvgIpc) is 2.44. The van der Waals surface area contributed by atoms with E-state index in [-0.39, 0.29) is 0 Å². The minimum Gasteiger partial charge on any atom is -0.356 e. The van der Waals surface area contributed by atoms with Gasteiger partial charge in [-0.2, -0.15) is 0 Å².